The summed E-state index contributed by atoms with van der Waals surface area (Å²) in [5.74, 6) is -0.435. The normalized spacial score (nSPS) is 31.7. The van der Waals surface area contributed by atoms with Crippen LogP contribution in [0, 0.1) is 5.41 Å². The molecule has 142 valence electrons. The van der Waals surface area contributed by atoms with Crippen LogP contribution in [0.1, 0.15) is 40.5 Å². The molecule has 10 heteroatoms. The van der Waals surface area contributed by atoms with Crippen LogP contribution in [-0.4, -0.2) is 66.2 Å². The van der Waals surface area contributed by atoms with E-state index in [0.717, 1.165) is 0 Å². The molecule has 1 aliphatic rings. The summed E-state index contributed by atoms with van der Waals surface area (Å²) in [5.41, 5.74) is -0.440. The van der Waals surface area contributed by atoms with E-state index in [9.17, 15) is 23.4 Å². The number of nitrogens with one attached hydrogen (secondary N) is 1. The van der Waals surface area contributed by atoms with E-state index >= 15 is 0 Å². The minimum atomic E-state index is -4.88. The average Bonchev–Trinajstić information content (AvgIpc) is 2.49. The number of aliphatic hydroxyl groups is 2. The van der Waals surface area contributed by atoms with Crippen molar-refractivity contribution in [1.82, 2.24) is 5.32 Å². The first-order chi connectivity index (χ1) is 11.0. The van der Waals surface area contributed by atoms with Gasteiger partial charge in [0, 0.05) is 6.92 Å². The van der Waals surface area contributed by atoms with Crippen LogP contribution in [0.3, 0.4) is 0 Å². The second-order valence-electron chi connectivity index (χ2n) is 6.34. The van der Waals surface area contributed by atoms with Crippen LogP contribution >= 0.6 is 0 Å². The molecule has 0 radical (unpaired) electrons. The second-order valence-corrected chi connectivity index (χ2v) is 7.39. The number of aliphatic hydroxyl groups excluding tert-OH is 2. The molecule has 0 aromatic rings. The van der Waals surface area contributed by atoms with Crippen molar-refractivity contribution in [2.24, 2.45) is 5.41 Å². The summed E-state index contributed by atoms with van der Waals surface area (Å²) in [6.07, 6.45) is -3.56. The minimum Gasteiger partial charge on any atom is -0.394 e. The number of carbonyl (C=O) groups excluding carboxylic acids is 1. The molecule has 1 saturated heterocycles. The predicted octanol–water partition coefficient (Wildman–Crippen LogP) is -0.374. The number of hydrogen-bond donors (Lipinski definition) is 4. The van der Waals surface area contributed by atoms with Gasteiger partial charge in [-0.2, -0.15) is 8.42 Å². The van der Waals surface area contributed by atoms with Crippen molar-refractivity contribution in [2.45, 2.75) is 71.0 Å². The summed E-state index contributed by atoms with van der Waals surface area (Å²) in [5, 5.41) is 22.6. The molecular formula is C14H27NO8S. The van der Waals surface area contributed by atoms with Gasteiger partial charge < -0.3 is 20.3 Å². The summed E-state index contributed by atoms with van der Waals surface area (Å²) in [7, 11) is -4.88. The standard InChI is InChI=1S/C14H27NO8S/c1-5-14(4,6-2)13-10(15-8(3)17)11(18)12(9(7-16)22-13)23-24(19,20)21/h9-13,16,18H,5-7H2,1-4H3,(H,15,17)(H,19,20,21). The van der Waals surface area contributed by atoms with Gasteiger partial charge in [-0.15, -0.1) is 0 Å². The second kappa shape index (κ2) is 8.07. The van der Waals surface area contributed by atoms with Gasteiger partial charge in [-0.05, 0) is 18.3 Å². The summed E-state index contributed by atoms with van der Waals surface area (Å²) >= 11 is 0. The summed E-state index contributed by atoms with van der Waals surface area (Å²) in [6.45, 7) is 6.41. The van der Waals surface area contributed by atoms with Crippen molar-refractivity contribution < 1.29 is 36.9 Å². The number of rotatable bonds is 7. The van der Waals surface area contributed by atoms with E-state index in [-0.39, 0.29) is 0 Å². The van der Waals surface area contributed by atoms with Crippen LogP contribution in [0.2, 0.25) is 0 Å². The monoisotopic (exact) mass is 369 g/mol. The van der Waals surface area contributed by atoms with E-state index in [0.29, 0.717) is 12.8 Å². The van der Waals surface area contributed by atoms with Crippen molar-refractivity contribution in [3.05, 3.63) is 0 Å². The first-order valence-electron chi connectivity index (χ1n) is 7.86. The third kappa shape index (κ3) is 4.87. The van der Waals surface area contributed by atoms with E-state index in [4.69, 9.17) is 9.29 Å². The molecule has 5 atom stereocenters. The van der Waals surface area contributed by atoms with Crippen LogP contribution in [0.15, 0.2) is 0 Å². The molecule has 24 heavy (non-hydrogen) atoms. The van der Waals surface area contributed by atoms with Gasteiger partial charge >= 0.3 is 10.4 Å². The van der Waals surface area contributed by atoms with Crippen molar-refractivity contribution in [2.75, 3.05) is 6.61 Å². The lowest BCUT2D eigenvalue weighted by Gasteiger charge is -2.50. The molecule has 0 aromatic heterocycles. The van der Waals surface area contributed by atoms with Gasteiger partial charge in [0.25, 0.3) is 0 Å². The van der Waals surface area contributed by atoms with Crippen LogP contribution < -0.4 is 5.32 Å². The molecule has 1 aliphatic heterocycles. The Morgan fingerprint density at radius 1 is 1.33 bits per heavy atom. The van der Waals surface area contributed by atoms with E-state index in [1.165, 1.54) is 6.92 Å². The van der Waals surface area contributed by atoms with Gasteiger partial charge in [0.05, 0.1) is 18.8 Å². The highest BCUT2D eigenvalue weighted by Gasteiger charge is 2.52. The molecule has 1 amide bonds. The number of hydrogen-bond acceptors (Lipinski definition) is 7. The smallest absolute Gasteiger partial charge is 0.394 e. The van der Waals surface area contributed by atoms with Crippen LogP contribution in [0.4, 0.5) is 0 Å². The highest BCUT2D eigenvalue weighted by atomic mass is 32.3. The van der Waals surface area contributed by atoms with Gasteiger partial charge in [0.1, 0.15) is 18.3 Å². The fraction of sp³-hybridized carbons (Fsp3) is 0.929. The molecule has 1 heterocycles. The largest absolute Gasteiger partial charge is 0.397 e. The third-order valence-electron chi connectivity index (χ3n) is 4.80. The lowest BCUT2D eigenvalue weighted by molar-refractivity contribution is -0.216. The first kappa shape index (κ1) is 21.3. The van der Waals surface area contributed by atoms with Crippen molar-refractivity contribution in [1.29, 1.82) is 0 Å². The molecule has 4 N–H and O–H groups in total. The molecule has 9 nitrogen and oxygen atoms in total. The molecule has 0 aliphatic carbocycles. The zero-order valence-corrected chi connectivity index (χ0v) is 15.1. The Kier molecular flexibility index (Phi) is 7.15. The Morgan fingerprint density at radius 2 is 1.88 bits per heavy atom. The first-order valence-corrected chi connectivity index (χ1v) is 9.22. The van der Waals surface area contributed by atoms with Crippen molar-refractivity contribution in [3.8, 4) is 0 Å². The Morgan fingerprint density at radius 3 is 2.25 bits per heavy atom. The Balaban J connectivity index is 3.25. The molecular weight excluding hydrogens is 342 g/mol. The Hall–Kier alpha value is -0.780. The van der Waals surface area contributed by atoms with Crippen LogP contribution in [0.25, 0.3) is 0 Å². The van der Waals surface area contributed by atoms with Crippen molar-refractivity contribution in [3.63, 3.8) is 0 Å². The Bertz CT molecular complexity index is 533. The van der Waals surface area contributed by atoms with E-state index in [1.807, 2.05) is 20.8 Å². The predicted molar refractivity (Wildman–Crippen MR) is 84.5 cm³/mol. The quantitative estimate of drug-likeness (QED) is 0.445. The molecule has 5 unspecified atom stereocenters. The molecule has 0 bridgehead atoms. The maximum absolute atomic E-state index is 11.5. The van der Waals surface area contributed by atoms with Gasteiger partial charge in [0.2, 0.25) is 5.91 Å². The Labute approximate surface area is 142 Å². The lowest BCUT2D eigenvalue weighted by Crippen LogP contribution is -2.68. The lowest BCUT2D eigenvalue weighted by atomic mass is 9.72. The summed E-state index contributed by atoms with van der Waals surface area (Å²) in [4.78, 5) is 11.5. The van der Waals surface area contributed by atoms with E-state index in [2.05, 4.69) is 9.50 Å². The molecule has 0 spiro atoms. The van der Waals surface area contributed by atoms with Gasteiger partial charge in [-0.25, -0.2) is 4.18 Å². The fourth-order valence-corrected chi connectivity index (χ4v) is 3.52. The SMILES string of the molecule is CCC(C)(CC)C1OC(CO)C(OS(=O)(=O)O)C(O)C1NC(C)=O. The summed E-state index contributed by atoms with van der Waals surface area (Å²) < 4.78 is 41.2. The van der Waals surface area contributed by atoms with E-state index in [1.54, 1.807) is 0 Å². The molecule has 0 aromatic carbocycles. The maximum atomic E-state index is 11.5. The van der Waals surface area contributed by atoms with Gasteiger partial charge in [-0.1, -0.05) is 20.8 Å². The zero-order chi connectivity index (χ0) is 18.7. The van der Waals surface area contributed by atoms with Crippen LogP contribution in [-0.2, 0) is 24.1 Å². The van der Waals surface area contributed by atoms with Crippen molar-refractivity contribution >= 4 is 16.3 Å². The fourth-order valence-electron chi connectivity index (χ4n) is 3.01. The van der Waals surface area contributed by atoms with Gasteiger partial charge in [0.15, 0.2) is 0 Å². The minimum absolute atomic E-state index is 0.435. The number of ether oxygens (including phenoxy) is 1. The maximum Gasteiger partial charge on any atom is 0.397 e. The topological polar surface area (TPSA) is 142 Å². The molecule has 1 rings (SSSR count). The highest BCUT2D eigenvalue weighted by Crippen LogP contribution is 2.39. The zero-order valence-electron chi connectivity index (χ0n) is 14.3. The van der Waals surface area contributed by atoms with E-state index < -0.39 is 58.8 Å². The molecule has 0 saturated carbocycles. The third-order valence-corrected chi connectivity index (χ3v) is 5.27. The summed E-state index contributed by atoms with van der Waals surface area (Å²) in [6, 6.07) is -0.957. The van der Waals surface area contributed by atoms with Crippen LogP contribution in [0.5, 0.6) is 0 Å². The number of carbonyl (C=O) groups is 1. The molecule has 1 fully saturated rings. The number of amides is 1. The van der Waals surface area contributed by atoms with Gasteiger partial charge in [-0.3, -0.25) is 9.35 Å². The highest BCUT2D eigenvalue weighted by molar-refractivity contribution is 7.80. The average molecular weight is 369 g/mol.